The van der Waals surface area contributed by atoms with E-state index in [1.165, 1.54) is 0 Å². The quantitative estimate of drug-likeness (QED) is 0.639. The van der Waals surface area contributed by atoms with E-state index in [4.69, 9.17) is 17.3 Å². The fourth-order valence-electron chi connectivity index (χ4n) is 1.30. The van der Waals surface area contributed by atoms with Crippen molar-refractivity contribution in [1.29, 1.82) is 0 Å². The summed E-state index contributed by atoms with van der Waals surface area (Å²) >= 11 is 5.83. The Morgan fingerprint density at radius 3 is 2.80 bits per heavy atom. The average molecular weight is 246 g/mol. The largest absolute Gasteiger partial charge is 0.398 e. The fourth-order valence-corrected chi connectivity index (χ4v) is 2.81. The van der Waals surface area contributed by atoms with E-state index in [9.17, 15) is 4.21 Å². The van der Waals surface area contributed by atoms with Crippen molar-refractivity contribution in [2.75, 3.05) is 11.5 Å². The highest BCUT2D eigenvalue weighted by atomic mass is 35.5. The number of benzene rings is 1. The summed E-state index contributed by atoms with van der Waals surface area (Å²) in [5.41, 5.74) is 6.31. The van der Waals surface area contributed by atoms with E-state index in [0.717, 1.165) is 19.3 Å². The zero-order valence-corrected chi connectivity index (χ0v) is 10.4. The van der Waals surface area contributed by atoms with Crippen LogP contribution in [0.15, 0.2) is 23.1 Å². The first kappa shape index (κ1) is 12.5. The molecule has 0 aliphatic heterocycles. The Morgan fingerprint density at radius 1 is 1.40 bits per heavy atom. The highest BCUT2D eigenvalue weighted by Gasteiger charge is 2.08. The normalized spacial score (nSPS) is 12.7. The molecule has 0 saturated heterocycles. The molecule has 4 heteroatoms. The van der Waals surface area contributed by atoms with E-state index in [2.05, 4.69) is 6.92 Å². The van der Waals surface area contributed by atoms with Crippen LogP contribution < -0.4 is 5.73 Å². The van der Waals surface area contributed by atoms with Gasteiger partial charge < -0.3 is 5.73 Å². The van der Waals surface area contributed by atoms with Crippen LogP contribution in [0.1, 0.15) is 26.2 Å². The van der Waals surface area contributed by atoms with E-state index in [-0.39, 0.29) is 0 Å². The number of hydrogen-bond acceptors (Lipinski definition) is 2. The number of unbranched alkanes of at least 4 members (excludes halogenated alkanes) is 2. The van der Waals surface area contributed by atoms with Crippen molar-refractivity contribution in [3.05, 3.63) is 23.2 Å². The minimum Gasteiger partial charge on any atom is -0.398 e. The molecule has 1 atom stereocenters. The van der Waals surface area contributed by atoms with Gasteiger partial charge in [0.15, 0.2) is 0 Å². The topological polar surface area (TPSA) is 43.1 Å². The summed E-state index contributed by atoms with van der Waals surface area (Å²) in [5.74, 6) is 0.665. The molecule has 0 bridgehead atoms. The number of hydrogen-bond donors (Lipinski definition) is 1. The van der Waals surface area contributed by atoms with Gasteiger partial charge in [0.1, 0.15) is 0 Å². The second kappa shape index (κ2) is 6.13. The molecular weight excluding hydrogens is 230 g/mol. The Labute approximate surface area is 98.3 Å². The molecule has 0 aliphatic carbocycles. The van der Waals surface area contributed by atoms with Gasteiger partial charge in [-0.1, -0.05) is 31.4 Å². The zero-order valence-electron chi connectivity index (χ0n) is 8.83. The molecule has 1 aromatic rings. The molecule has 0 aromatic heterocycles. The number of nitrogen functional groups attached to an aromatic ring is 1. The fraction of sp³-hybridized carbons (Fsp3) is 0.455. The summed E-state index contributed by atoms with van der Waals surface area (Å²) in [6.07, 6.45) is 3.20. The van der Waals surface area contributed by atoms with Gasteiger partial charge in [-0.2, -0.15) is 0 Å². The van der Waals surface area contributed by atoms with Gasteiger partial charge in [-0.05, 0) is 24.6 Å². The molecule has 0 spiro atoms. The Bertz CT molecular complexity index is 354. The van der Waals surface area contributed by atoms with Crippen molar-refractivity contribution < 1.29 is 4.21 Å². The number of rotatable bonds is 5. The second-order valence-electron chi connectivity index (χ2n) is 3.44. The molecule has 0 fully saturated rings. The van der Waals surface area contributed by atoms with E-state index >= 15 is 0 Å². The lowest BCUT2D eigenvalue weighted by Crippen LogP contribution is -2.02. The van der Waals surface area contributed by atoms with E-state index in [1.807, 2.05) is 0 Å². The van der Waals surface area contributed by atoms with Gasteiger partial charge >= 0.3 is 0 Å². The first-order valence-electron chi connectivity index (χ1n) is 5.08. The van der Waals surface area contributed by atoms with Crippen molar-refractivity contribution in [3.8, 4) is 0 Å². The molecule has 1 rings (SSSR count). The monoisotopic (exact) mass is 245 g/mol. The van der Waals surface area contributed by atoms with Gasteiger partial charge in [-0.15, -0.1) is 0 Å². The maximum absolute atomic E-state index is 11.9. The van der Waals surface area contributed by atoms with E-state index in [0.29, 0.717) is 21.4 Å². The molecular formula is C11H16ClNOS. The van der Waals surface area contributed by atoms with Gasteiger partial charge in [-0.25, -0.2) is 0 Å². The maximum Gasteiger partial charge on any atom is 0.0632 e. The summed E-state index contributed by atoms with van der Waals surface area (Å²) in [6, 6.07) is 5.11. The maximum atomic E-state index is 11.9. The Hall–Kier alpha value is -0.540. The molecule has 0 aliphatic rings. The third-order valence-corrected chi connectivity index (χ3v) is 3.89. The summed E-state index contributed by atoms with van der Waals surface area (Å²) in [7, 11) is -1.02. The molecule has 0 amide bonds. The van der Waals surface area contributed by atoms with Crippen molar-refractivity contribution >= 4 is 28.1 Å². The minimum absolute atomic E-state index is 0.564. The number of nitrogens with two attached hydrogens (primary N) is 1. The van der Waals surface area contributed by atoms with Gasteiger partial charge in [0.2, 0.25) is 0 Å². The van der Waals surface area contributed by atoms with E-state index in [1.54, 1.807) is 18.2 Å². The van der Waals surface area contributed by atoms with Crippen LogP contribution in [0.5, 0.6) is 0 Å². The summed E-state index contributed by atoms with van der Waals surface area (Å²) in [4.78, 5) is 0.665. The first-order chi connectivity index (χ1) is 7.15. The number of halogens is 1. The molecule has 15 heavy (non-hydrogen) atoms. The van der Waals surface area contributed by atoms with Crippen LogP contribution in [-0.2, 0) is 10.8 Å². The molecule has 84 valence electrons. The van der Waals surface area contributed by atoms with Crippen molar-refractivity contribution in [1.82, 2.24) is 0 Å². The third kappa shape index (κ3) is 3.84. The molecule has 0 saturated carbocycles. The van der Waals surface area contributed by atoms with Gasteiger partial charge in [-0.3, -0.25) is 4.21 Å². The minimum atomic E-state index is -1.02. The summed E-state index contributed by atoms with van der Waals surface area (Å²) in [6.45, 7) is 2.12. The SMILES string of the molecule is CCCCCS(=O)c1cc(Cl)ccc1N. The van der Waals surface area contributed by atoms with Crippen LogP contribution in [0.4, 0.5) is 5.69 Å². The van der Waals surface area contributed by atoms with Gasteiger partial charge in [0, 0.05) is 16.5 Å². The summed E-state index contributed by atoms with van der Waals surface area (Å²) in [5, 5.41) is 0.586. The first-order valence-corrected chi connectivity index (χ1v) is 6.78. The predicted octanol–water partition coefficient (Wildman–Crippen LogP) is 3.22. The molecule has 1 aromatic carbocycles. The zero-order chi connectivity index (χ0) is 11.3. The predicted molar refractivity (Wildman–Crippen MR) is 66.7 cm³/mol. The molecule has 2 nitrogen and oxygen atoms in total. The van der Waals surface area contributed by atoms with Crippen LogP contribution in [0.3, 0.4) is 0 Å². The lowest BCUT2D eigenvalue weighted by molar-refractivity contribution is 0.676. The van der Waals surface area contributed by atoms with Crippen LogP contribution in [0.25, 0.3) is 0 Å². The summed E-state index contributed by atoms with van der Waals surface area (Å²) < 4.78 is 11.9. The lowest BCUT2D eigenvalue weighted by Gasteiger charge is -2.05. The van der Waals surface area contributed by atoms with Crippen molar-refractivity contribution in [2.45, 2.75) is 31.1 Å². The standard InChI is InChI=1S/C11H16ClNOS/c1-2-3-4-7-15(14)11-8-9(12)5-6-10(11)13/h5-6,8H,2-4,7,13H2,1H3. The van der Waals surface area contributed by atoms with Crippen molar-refractivity contribution in [2.24, 2.45) is 0 Å². The van der Waals surface area contributed by atoms with Gasteiger partial charge in [0.25, 0.3) is 0 Å². The highest BCUT2D eigenvalue weighted by Crippen LogP contribution is 2.21. The third-order valence-electron chi connectivity index (χ3n) is 2.15. The second-order valence-corrected chi connectivity index (χ2v) is 5.41. The van der Waals surface area contributed by atoms with Crippen LogP contribution in [-0.4, -0.2) is 9.96 Å². The Kier molecular flexibility index (Phi) is 5.12. The van der Waals surface area contributed by atoms with Crippen LogP contribution >= 0.6 is 11.6 Å². The molecule has 0 heterocycles. The Morgan fingerprint density at radius 2 is 2.13 bits per heavy atom. The van der Waals surface area contributed by atoms with Gasteiger partial charge in [0.05, 0.1) is 15.7 Å². The van der Waals surface area contributed by atoms with Crippen LogP contribution in [0.2, 0.25) is 5.02 Å². The Balaban J connectivity index is 2.68. The lowest BCUT2D eigenvalue weighted by atomic mass is 10.3. The van der Waals surface area contributed by atoms with Crippen molar-refractivity contribution in [3.63, 3.8) is 0 Å². The van der Waals surface area contributed by atoms with E-state index < -0.39 is 10.8 Å². The number of anilines is 1. The highest BCUT2D eigenvalue weighted by molar-refractivity contribution is 7.85. The molecule has 1 unspecified atom stereocenters. The average Bonchev–Trinajstić information content (AvgIpc) is 2.22. The van der Waals surface area contributed by atoms with Crippen LogP contribution in [0, 0.1) is 0 Å². The smallest absolute Gasteiger partial charge is 0.0632 e. The molecule has 2 N–H and O–H groups in total. The molecule has 0 radical (unpaired) electrons.